The van der Waals surface area contributed by atoms with E-state index >= 15 is 0 Å². The van der Waals surface area contributed by atoms with Crippen LogP contribution in [0.4, 0.5) is 0 Å². The Bertz CT molecular complexity index is 944. The first-order valence-electron chi connectivity index (χ1n) is 11.5. The van der Waals surface area contributed by atoms with Gasteiger partial charge in [0.15, 0.2) is 0 Å². The highest BCUT2D eigenvalue weighted by molar-refractivity contribution is 5.45. The third kappa shape index (κ3) is 4.15. The van der Waals surface area contributed by atoms with Gasteiger partial charge in [-0.2, -0.15) is 0 Å². The lowest BCUT2D eigenvalue weighted by molar-refractivity contribution is 0.237. The summed E-state index contributed by atoms with van der Waals surface area (Å²) in [5.74, 6) is 1.90. The van der Waals surface area contributed by atoms with E-state index in [1.165, 1.54) is 54.6 Å². The number of rotatable bonds is 6. The van der Waals surface area contributed by atoms with Gasteiger partial charge in [-0.1, -0.05) is 66.7 Å². The Balaban J connectivity index is 1.37. The highest BCUT2D eigenvalue weighted by Gasteiger charge is 2.31. The second-order valence-corrected chi connectivity index (χ2v) is 8.70. The van der Waals surface area contributed by atoms with Crippen molar-refractivity contribution in [3.63, 3.8) is 0 Å². The van der Waals surface area contributed by atoms with Gasteiger partial charge in [-0.15, -0.1) is 0 Å². The molecule has 2 nitrogen and oxygen atoms in total. The van der Waals surface area contributed by atoms with E-state index in [1.807, 2.05) is 0 Å². The second-order valence-electron chi connectivity index (χ2n) is 8.70. The Labute approximate surface area is 180 Å². The normalized spacial score (nSPS) is 21.3. The van der Waals surface area contributed by atoms with E-state index in [9.17, 15) is 0 Å². The number of fused-ring (bicyclic) bond motifs is 1. The molecule has 0 saturated carbocycles. The molecule has 3 aromatic rings. The van der Waals surface area contributed by atoms with Gasteiger partial charge in [0, 0.05) is 12.5 Å². The molecular formula is C28H31NO. The molecule has 5 rings (SSSR count). The summed E-state index contributed by atoms with van der Waals surface area (Å²) in [6, 6.07) is 28.9. The Kier molecular flexibility index (Phi) is 5.85. The van der Waals surface area contributed by atoms with Gasteiger partial charge < -0.3 is 4.74 Å². The van der Waals surface area contributed by atoms with Gasteiger partial charge in [-0.3, -0.25) is 4.90 Å². The maximum Gasteiger partial charge on any atom is 0.119 e. The number of benzene rings is 3. The highest BCUT2D eigenvalue weighted by Crippen LogP contribution is 2.46. The summed E-state index contributed by atoms with van der Waals surface area (Å²) in [7, 11) is 0. The van der Waals surface area contributed by atoms with Crippen LogP contribution in [0.25, 0.3) is 0 Å². The molecule has 0 radical (unpaired) electrons. The van der Waals surface area contributed by atoms with Crippen LogP contribution in [0.2, 0.25) is 0 Å². The average molecular weight is 398 g/mol. The molecule has 0 aromatic heterocycles. The van der Waals surface area contributed by atoms with Gasteiger partial charge in [-0.05, 0) is 79.1 Å². The second kappa shape index (κ2) is 9.06. The smallest absolute Gasteiger partial charge is 0.119 e. The molecule has 1 heterocycles. The van der Waals surface area contributed by atoms with Crippen molar-refractivity contribution >= 4 is 0 Å². The lowest BCUT2D eigenvalue weighted by atomic mass is 9.69. The molecule has 154 valence electrons. The molecule has 0 amide bonds. The van der Waals surface area contributed by atoms with Gasteiger partial charge in [-0.25, -0.2) is 0 Å². The maximum atomic E-state index is 6.05. The molecule has 3 aromatic carbocycles. The van der Waals surface area contributed by atoms with E-state index in [2.05, 4.69) is 83.8 Å². The van der Waals surface area contributed by atoms with Crippen LogP contribution in [-0.4, -0.2) is 31.1 Å². The van der Waals surface area contributed by atoms with E-state index in [-0.39, 0.29) is 0 Å². The Morgan fingerprint density at radius 3 is 2.30 bits per heavy atom. The van der Waals surface area contributed by atoms with Crippen molar-refractivity contribution in [1.29, 1.82) is 0 Å². The monoisotopic (exact) mass is 397 g/mol. The van der Waals surface area contributed by atoms with Crippen LogP contribution in [0.15, 0.2) is 78.9 Å². The predicted octanol–water partition coefficient (Wildman–Crippen LogP) is 6.02. The zero-order valence-electron chi connectivity index (χ0n) is 17.7. The number of hydrogen-bond acceptors (Lipinski definition) is 2. The summed E-state index contributed by atoms with van der Waals surface area (Å²) in [5, 5.41) is 0. The number of likely N-dealkylation sites (tertiary alicyclic amines) is 1. The maximum absolute atomic E-state index is 6.05. The van der Waals surface area contributed by atoms with Crippen LogP contribution >= 0.6 is 0 Å². The van der Waals surface area contributed by atoms with Crippen LogP contribution in [0.5, 0.6) is 5.75 Å². The standard InChI is InChI=1S/C28H31NO/c1-2-8-22(9-3-1)27-17-14-23-10-4-5-11-26(23)28(27)24-12-15-25(16-13-24)30-21-20-29-18-6-7-19-29/h1-5,8-13,15-16,27-28H,6-7,14,17-21H2/t27-,28-/m0/s1. The Hall–Kier alpha value is -2.58. The molecule has 2 aliphatic rings. The zero-order valence-corrected chi connectivity index (χ0v) is 17.7. The molecule has 1 aliphatic carbocycles. The molecule has 1 aliphatic heterocycles. The van der Waals surface area contributed by atoms with E-state index in [0.717, 1.165) is 25.3 Å². The number of hydrogen-bond donors (Lipinski definition) is 0. The van der Waals surface area contributed by atoms with Crippen molar-refractivity contribution in [3.8, 4) is 5.75 Å². The summed E-state index contributed by atoms with van der Waals surface area (Å²) in [5.41, 5.74) is 5.83. The Morgan fingerprint density at radius 1 is 0.767 bits per heavy atom. The average Bonchev–Trinajstić information content (AvgIpc) is 3.33. The van der Waals surface area contributed by atoms with Gasteiger partial charge in [0.2, 0.25) is 0 Å². The van der Waals surface area contributed by atoms with E-state index in [4.69, 9.17) is 4.74 Å². The summed E-state index contributed by atoms with van der Waals surface area (Å²) in [4.78, 5) is 2.50. The third-order valence-corrected chi connectivity index (χ3v) is 6.86. The minimum atomic E-state index is 0.399. The van der Waals surface area contributed by atoms with Gasteiger partial charge in [0.05, 0.1) is 0 Å². The van der Waals surface area contributed by atoms with Crippen molar-refractivity contribution in [1.82, 2.24) is 4.90 Å². The fourth-order valence-corrected chi connectivity index (χ4v) is 5.30. The summed E-state index contributed by atoms with van der Waals surface area (Å²) in [6.07, 6.45) is 5.02. The topological polar surface area (TPSA) is 12.5 Å². The first-order chi connectivity index (χ1) is 14.9. The molecule has 0 N–H and O–H groups in total. The van der Waals surface area contributed by atoms with Crippen LogP contribution < -0.4 is 4.74 Å². The molecule has 2 heteroatoms. The molecule has 0 unspecified atom stereocenters. The molecule has 0 bridgehead atoms. The fraction of sp³-hybridized carbons (Fsp3) is 0.357. The largest absolute Gasteiger partial charge is 0.492 e. The van der Waals surface area contributed by atoms with Crippen molar-refractivity contribution in [2.24, 2.45) is 0 Å². The fourth-order valence-electron chi connectivity index (χ4n) is 5.30. The highest BCUT2D eigenvalue weighted by atomic mass is 16.5. The first-order valence-corrected chi connectivity index (χ1v) is 11.5. The molecule has 1 saturated heterocycles. The van der Waals surface area contributed by atoms with Crippen LogP contribution in [0, 0.1) is 0 Å². The Morgan fingerprint density at radius 2 is 1.50 bits per heavy atom. The summed E-state index contributed by atoms with van der Waals surface area (Å²) in [6.45, 7) is 4.26. The lowest BCUT2D eigenvalue weighted by Crippen LogP contribution is -2.25. The third-order valence-electron chi connectivity index (χ3n) is 6.86. The number of ether oxygens (including phenoxy) is 1. The molecule has 1 fully saturated rings. The van der Waals surface area contributed by atoms with Gasteiger partial charge >= 0.3 is 0 Å². The van der Waals surface area contributed by atoms with Crippen molar-refractivity contribution in [2.45, 2.75) is 37.5 Å². The predicted molar refractivity (Wildman–Crippen MR) is 123 cm³/mol. The van der Waals surface area contributed by atoms with Crippen molar-refractivity contribution in [3.05, 3.63) is 101 Å². The molecular weight excluding hydrogens is 366 g/mol. The van der Waals surface area contributed by atoms with Crippen LogP contribution in [-0.2, 0) is 6.42 Å². The summed E-state index contributed by atoms with van der Waals surface area (Å²) >= 11 is 0. The molecule has 0 spiro atoms. The molecule has 2 atom stereocenters. The van der Waals surface area contributed by atoms with Gasteiger partial charge in [0.25, 0.3) is 0 Å². The van der Waals surface area contributed by atoms with E-state index in [1.54, 1.807) is 0 Å². The first kappa shape index (κ1) is 19.4. The minimum Gasteiger partial charge on any atom is -0.492 e. The van der Waals surface area contributed by atoms with E-state index in [0.29, 0.717) is 11.8 Å². The minimum absolute atomic E-state index is 0.399. The van der Waals surface area contributed by atoms with Crippen LogP contribution in [0.3, 0.4) is 0 Å². The van der Waals surface area contributed by atoms with Crippen LogP contribution in [0.1, 0.15) is 53.4 Å². The zero-order chi connectivity index (χ0) is 20.2. The van der Waals surface area contributed by atoms with Gasteiger partial charge in [0.1, 0.15) is 12.4 Å². The quantitative estimate of drug-likeness (QED) is 0.504. The van der Waals surface area contributed by atoms with E-state index < -0.39 is 0 Å². The molecule has 30 heavy (non-hydrogen) atoms. The van der Waals surface area contributed by atoms with Crippen molar-refractivity contribution in [2.75, 3.05) is 26.2 Å². The number of nitrogens with zero attached hydrogens (tertiary/aromatic N) is 1. The number of aryl methyl sites for hydroxylation is 1. The summed E-state index contributed by atoms with van der Waals surface area (Å²) < 4.78 is 6.05. The van der Waals surface area contributed by atoms with Crippen molar-refractivity contribution < 1.29 is 4.74 Å². The lowest BCUT2D eigenvalue weighted by Gasteiger charge is -2.34. The SMILES string of the molecule is c1ccc([C@@H]2CCc3ccccc3[C@@H]2c2ccc(OCCN3CCCC3)cc2)cc1.